The van der Waals surface area contributed by atoms with Gasteiger partial charge in [0.15, 0.2) is 6.10 Å². The van der Waals surface area contributed by atoms with Crippen molar-refractivity contribution >= 4 is 29.3 Å². The van der Waals surface area contributed by atoms with Crippen LogP contribution in [0, 0.1) is 5.92 Å². The zero-order valence-electron chi connectivity index (χ0n) is 15.9. The minimum atomic E-state index is -0.866. The molecule has 0 aliphatic carbocycles. The Kier molecular flexibility index (Phi) is 6.72. The summed E-state index contributed by atoms with van der Waals surface area (Å²) in [6.07, 6.45) is -0.754. The van der Waals surface area contributed by atoms with Crippen LogP contribution >= 0.6 is 11.6 Å². The third-order valence-electron chi connectivity index (χ3n) is 4.62. The van der Waals surface area contributed by atoms with Crippen LogP contribution in [0.2, 0.25) is 5.02 Å². The van der Waals surface area contributed by atoms with Crippen LogP contribution in [0.3, 0.4) is 0 Å². The Morgan fingerprint density at radius 2 is 1.83 bits per heavy atom. The minimum absolute atomic E-state index is 0.0873. The van der Waals surface area contributed by atoms with Gasteiger partial charge in [0.25, 0.3) is 5.91 Å². The van der Waals surface area contributed by atoms with Crippen LogP contribution in [0.1, 0.15) is 18.9 Å². The van der Waals surface area contributed by atoms with Gasteiger partial charge in [0.2, 0.25) is 11.8 Å². The first-order valence-electron chi connectivity index (χ1n) is 9.26. The smallest absolute Gasteiger partial charge is 0.279 e. The van der Waals surface area contributed by atoms with Gasteiger partial charge in [-0.15, -0.1) is 0 Å². The summed E-state index contributed by atoms with van der Waals surface area (Å²) >= 11 is 6.01. The van der Waals surface area contributed by atoms with E-state index in [-0.39, 0.29) is 12.3 Å². The number of amides is 3. The molecule has 2 N–H and O–H groups in total. The number of hydrogen-bond donors (Lipinski definition) is 2. The number of halogens is 1. The molecule has 0 radical (unpaired) electrons. The van der Waals surface area contributed by atoms with Gasteiger partial charge in [0.1, 0.15) is 5.75 Å². The van der Waals surface area contributed by atoms with Crippen molar-refractivity contribution in [3.8, 4) is 5.75 Å². The number of ether oxygens (including phenoxy) is 1. The number of benzene rings is 2. The Labute approximate surface area is 173 Å². The van der Waals surface area contributed by atoms with Gasteiger partial charge in [-0.25, -0.2) is 0 Å². The summed E-state index contributed by atoms with van der Waals surface area (Å²) in [6.45, 7) is 2.31. The third kappa shape index (κ3) is 5.48. The number of carbonyl (C=O) groups is 3. The van der Waals surface area contributed by atoms with Crippen LogP contribution in [0.25, 0.3) is 0 Å². The van der Waals surface area contributed by atoms with Crippen LogP contribution in [-0.4, -0.2) is 35.3 Å². The highest BCUT2D eigenvalue weighted by molar-refractivity contribution is 6.32. The molecule has 1 heterocycles. The molecule has 1 saturated heterocycles. The van der Waals surface area contributed by atoms with Crippen molar-refractivity contribution in [2.75, 3.05) is 6.54 Å². The average molecular weight is 416 g/mol. The molecule has 8 heteroatoms. The largest absolute Gasteiger partial charge is 0.479 e. The molecule has 1 aliphatic rings. The summed E-state index contributed by atoms with van der Waals surface area (Å²) in [4.78, 5) is 38.4. The number of hydrogen-bond acceptors (Lipinski definition) is 4. The van der Waals surface area contributed by atoms with E-state index >= 15 is 0 Å². The van der Waals surface area contributed by atoms with Gasteiger partial charge in [0.05, 0.1) is 10.9 Å². The second-order valence-corrected chi connectivity index (χ2v) is 7.24. The van der Waals surface area contributed by atoms with Crippen LogP contribution in [0.15, 0.2) is 54.6 Å². The lowest BCUT2D eigenvalue weighted by atomic mass is 10.1. The van der Waals surface area contributed by atoms with Crippen molar-refractivity contribution in [3.05, 3.63) is 65.2 Å². The lowest BCUT2D eigenvalue weighted by Gasteiger charge is -2.18. The van der Waals surface area contributed by atoms with E-state index in [1.54, 1.807) is 36.1 Å². The van der Waals surface area contributed by atoms with E-state index in [0.717, 1.165) is 5.56 Å². The Bertz CT molecular complexity index is 891. The molecule has 0 aromatic heterocycles. The molecule has 3 rings (SSSR count). The first kappa shape index (κ1) is 20.7. The van der Waals surface area contributed by atoms with E-state index in [1.165, 1.54) is 0 Å². The highest BCUT2D eigenvalue weighted by atomic mass is 35.5. The Morgan fingerprint density at radius 1 is 1.14 bits per heavy atom. The maximum absolute atomic E-state index is 12.4. The van der Waals surface area contributed by atoms with Crippen molar-refractivity contribution in [1.82, 2.24) is 15.8 Å². The monoisotopic (exact) mass is 415 g/mol. The molecule has 0 spiro atoms. The molecule has 0 bridgehead atoms. The molecule has 7 nitrogen and oxygen atoms in total. The van der Waals surface area contributed by atoms with E-state index in [0.29, 0.717) is 23.9 Å². The van der Waals surface area contributed by atoms with Crippen LogP contribution in [-0.2, 0) is 20.9 Å². The molecule has 2 atom stereocenters. The third-order valence-corrected chi connectivity index (χ3v) is 4.93. The van der Waals surface area contributed by atoms with E-state index in [2.05, 4.69) is 10.9 Å². The van der Waals surface area contributed by atoms with Gasteiger partial charge in [-0.3, -0.25) is 25.2 Å². The van der Waals surface area contributed by atoms with Gasteiger partial charge in [-0.1, -0.05) is 54.1 Å². The SMILES string of the molecule is CC(Oc1ccccc1Cl)C(=O)NNC(=O)C1CC(=O)N(Cc2ccccc2)C1. The fraction of sp³-hybridized carbons (Fsp3) is 0.286. The van der Waals surface area contributed by atoms with Gasteiger partial charge < -0.3 is 9.64 Å². The second kappa shape index (κ2) is 9.43. The number of rotatable bonds is 6. The van der Waals surface area contributed by atoms with Crippen molar-refractivity contribution < 1.29 is 19.1 Å². The number of nitrogens with zero attached hydrogens (tertiary/aromatic N) is 1. The van der Waals surface area contributed by atoms with Gasteiger partial charge in [-0.05, 0) is 24.6 Å². The molecule has 152 valence electrons. The molecule has 2 aromatic carbocycles. The quantitative estimate of drug-likeness (QED) is 0.709. The second-order valence-electron chi connectivity index (χ2n) is 6.83. The standard InChI is InChI=1S/C21H22ClN3O4/c1-14(29-18-10-6-5-9-17(18)22)20(27)23-24-21(28)16-11-19(26)25(13-16)12-15-7-3-2-4-8-15/h2-10,14,16H,11-13H2,1H3,(H,23,27)(H,24,28). The number of hydrazine groups is 1. The Balaban J connectivity index is 1.47. The molecule has 1 aliphatic heterocycles. The molecule has 2 unspecified atom stereocenters. The van der Waals surface area contributed by atoms with Crippen molar-refractivity contribution in [3.63, 3.8) is 0 Å². The van der Waals surface area contributed by atoms with E-state index in [1.807, 2.05) is 30.3 Å². The number of para-hydroxylation sites is 1. The van der Waals surface area contributed by atoms with E-state index in [4.69, 9.17) is 16.3 Å². The summed E-state index contributed by atoms with van der Waals surface area (Å²) in [6, 6.07) is 16.4. The molecule has 0 saturated carbocycles. The molecular formula is C21H22ClN3O4. The molecular weight excluding hydrogens is 394 g/mol. The number of carbonyl (C=O) groups excluding carboxylic acids is 3. The maximum atomic E-state index is 12.4. The fourth-order valence-electron chi connectivity index (χ4n) is 3.02. The van der Waals surface area contributed by atoms with E-state index < -0.39 is 23.8 Å². The molecule has 29 heavy (non-hydrogen) atoms. The lowest BCUT2D eigenvalue weighted by Crippen LogP contribution is -2.49. The van der Waals surface area contributed by atoms with Crippen LogP contribution in [0.4, 0.5) is 0 Å². The molecule has 2 aromatic rings. The number of nitrogens with one attached hydrogen (secondary N) is 2. The summed E-state index contributed by atoms with van der Waals surface area (Å²) in [5.74, 6) is -1.17. The average Bonchev–Trinajstić information content (AvgIpc) is 3.08. The topological polar surface area (TPSA) is 87.7 Å². The molecule has 1 fully saturated rings. The van der Waals surface area contributed by atoms with Crippen molar-refractivity contribution in [2.24, 2.45) is 5.92 Å². The summed E-state index contributed by atoms with van der Waals surface area (Å²) < 4.78 is 5.51. The Morgan fingerprint density at radius 3 is 2.55 bits per heavy atom. The van der Waals surface area contributed by atoms with Gasteiger partial charge in [0, 0.05) is 19.5 Å². The summed E-state index contributed by atoms with van der Waals surface area (Å²) in [7, 11) is 0. The Hall–Kier alpha value is -3.06. The maximum Gasteiger partial charge on any atom is 0.279 e. The predicted octanol–water partition coefficient (Wildman–Crippen LogP) is 2.30. The summed E-state index contributed by atoms with van der Waals surface area (Å²) in [5.41, 5.74) is 5.72. The molecule has 3 amide bonds. The predicted molar refractivity (Wildman–Crippen MR) is 108 cm³/mol. The summed E-state index contributed by atoms with van der Waals surface area (Å²) in [5, 5.41) is 0.388. The van der Waals surface area contributed by atoms with Crippen molar-refractivity contribution in [1.29, 1.82) is 0 Å². The van der Waals surface area contributed by atoms with Crippen LogP contribution < -0.4 is 15.6 Å². The normalized spacial score (nSPS) is 17.0. The fourth-order valence-corrected chi connectivity index (χ4v) is 3.20. The highest BCUT2D eigenvalue weighted by Crippen LogP contribution is 2.24. The first-order valence-corrected chi connectivity index (χ1v) is 9.64. The lowest BCUT2D eigenvalue weighted by molar-refractivity contribution is -0.134. The highest BCUT2D eigenvalue weighted by Gasteiger charge is 2.34. The number of likely N-dealkylation sites (tertiary alicyclic amines) is 1. The van der Waals surface area contributed by atoms with Crippen LogP contribution in [0.5, 0.6) is 5.75 Å². The first-order chi connectivity index (χ1) is 13.9. The van der Waals surface area contributed by atoms with Gasteiger partial charge >= 0.3 is 0 Å². The van der Waals surface area contributed by atoms with Gasteiger partial charge in [-0.2, -0.15) is 0 Å². The minimum Gasteiger partial charge on any atom is -0.479 e. The zero-order chi connectivity index (χ0) is 20.8. The van der Waals surface area contributed by atoms with E-state index in [9.17, 15) is 14.4 Å². The zero-order valence-corrected chi connectivity index (χ0v) is 16.7. The van der Waals surface area contributed by atoms with Crippen molar-refractivity contribution in [2.45, 2.75) is 26.0 Å².